The SMILES string of the molecule is COCCOc1cc(C)ccc1NCC1CCCO1. The van der Waals surface area contributed by atoms with Crippen molar-refractivity contribution in [2.45, 2.75) is 25.9 Å². The highest BCUT2D eigenvalue weighted by Gasteiger charge is 2.15. The molecule has 2 rings (SSSR count). The molecular weight excluding hydrogens is 242 g/mol. The summed E-state index contributed by atoms with van der Waals surface area (Å²) in [6.07, 6.45) is 2.63. The Morgan fingerprint density at radius 1 is 1.37 bits per heavy atom. The molecule has 1 aliphatic heterocycles. The highest BCUT2D eigenvalue weighted by atomic mass is 16.5. The van der Waals surface area contributed by atoms with E-state index < -0.39 is 0 Å². The van der Waals surface area contributed by atoms with Crippen LogP contribution in [0.3, 0.4) is 0 Å². The Morgan fingerprint density at radius 3 is 3.00 bits per heavy atom. The molecule has 0 bridgehead atoms. The Kier molecular flexibility index (Phi) is 5.48. The van der Waals surface area contributed by atoms with E-state index in [1.54, 1.807) is 7.11 Å². The van der Waals surface area contributed by atoms with Crippen LogP contribution >= 0.6 is 0 Å². The number of benzene rings is 1. The molecule has 0 aliphatic carbocycles. The van der Waals surface area contributed by atoms with Crippen LogP contribution in [0.25, 0.3) is 0 Å². The zero-order chi connectivity index (χ0) is 13.5. The zero-order valence-corrected chi connectivity index (χ0v) is 11.8. The van der Waals surface area contributed by atoms with E-state index in [1.807, 2.05) is 6.07 Å². The van der Waals surface area contributed by atoms with Gasteiger partial charge in [0.05, 0.1) is 18.4 Å². The van der Waals surface area contributed by atoms with Crippen LogP contribution in [0.2, 0.25) is 0 Å². The molecule has 19 heavy (non-hydrogen) atoms. The fraction of sp³-hybridized carbons (Fsp3) is 0.600. The van der Waals surface area contributed by atoms with E-state index in [4.69, 9.17) is 14.2 Å². The van der Waals surface area contributed by atoms with Gasteiger partial charge in [0.25, 0.3) is 0 Å². The lowest BCUT2D eigenvalue weighted by atomic mass is 10.2. The van der Waals surface area contributed by atoms with Gasteiger partial charge in [-0.05, 0) is 37.5 Å². The molecule has 1 aliphatic rings. The van der Waals surface area contributed by atoms with Crippen LogP contribution in [-0.2, 0) is 9.47 Å². The lowest BCUT2D eigenvalue weighted by Gasteiger charge is -2.16. The van der Waals surface area contributed by atoms with Gasteiger partial charge >= 0.3 is 0 Å². The van der Waals surface area contributed by atoms with Gasteiger partial charge in [-0.25, -0.2) is 0 Å². The molecule has 0 aromatic heterocycles. The molecule has 4 heteroatoms. The molecule has 1 aromatic carbocycles. The van der Waals surface area contributed by atoms with Crippen LogP contribution in [0.5, 0.6) is 5.75 Å². The molecule has 1 atom stereocenters. The van der Waals surface area contributed by atoms with Gasteiger partial charge in [0.2, 0.25) is 0 Å². The third kappa shape index (κ3) is 4.40. The molecule has 0 spiro atoms. The quantitative estimate of drug-likeness (QED) is 0.769. The molecule has 1 unspecified atom stereocenters. The van der Waals surface area contributed by atoms with Gasteiger partial charge < -0.3 is 19.5 Å². The normalized spacial score (nSPS) is 18.5. The summed E-state index contributed by atoms with van der Waals surface area (Å²) in [5, 5.41) is 3.42. The second kappa shape index (κ2) is 7.36. The molecule has 0 saturated carbocycles. The lowest BCUT2D eigenvalue weighted by molar-refractivity contribution is 0.120. The summed E-state index contributed by atoms with van der Waals surface area (Å²) in [6, 6.07) is 6.20. The standard InChI is InChI=1S/C15H23NO3/c1-12-5-6-14(15(10-12)19-9-8-17-2)16-11-13-4-3-7-18-13/h5-6,10,13,16H,3-4,7-9,11H2,1-2H3. The van der Waals surface area contributed by atoms with Crippen LogP contribution in [0, 0.1) is 6.92 Å². The summed E-state index contributed by atoms with van der Waals surface area (Å²) in [5.41, 5.74) is 2.22. The van der Waals surface area contributed by atoms with Crippen LogP contribution in [-0.4, -0.2) is 39.6 Å². The third-order valence-corrected chi connectivity index (χ3v) is 3.23. The van der Waals surface area contributed by atoms with Crippen molar-refractivity contribution in [3.8, 4) is 5.75 Å². The number of anilines is 1. The Labute approximate surface area is 115 Å². The first-order chi connectivity index (χ1) is 9.29. The predicted octanol–water partition coefficient (Wildman–Crippen LogP) is 2.61. The summed E-state index contributed by atoms with van der Waals surface area (Å²) >= 11 is 0. The van der Waals surface area contributed by atoms with Crippen molar-refractivity contribution in [2.75, 3.05) is 38.8 Å². The van der Waals surface area contributed by atoms with E-state index >= 15 is 0 Å². The van der Waals surface area contributed by atoms with Crippen molar-refractivity contribution in [2.24, 2.45) is 0 Å². The van der Waals surface area contributed by atoms with Gasteiger partial charge in [-0.15, -0.1) is 0 Å². The van der Waals surface area contributed by atoms with Crippen molar-refractivity contribution >= 4 is 5.69 Å². The van der Waals surface area contributed by atoms with Crippen LogP contribution < -0.4 is 10.1 Å². The van der Waals surface area contributed by atoms with E-state index in [0.717, 1.165) is 37.4 Å². The molecule has 1 aromatic rings. The Hall–Kier alpha value is -1.26. The number of hydrogen-bond donors (Lipinski definition) is 1. The minimum atomic E-state index is 0.327. The first kappa shape index (κ1) is 14.2. The number of nitrogens with one attached hydrogen (secondary N) is 1. The van der Waals surface area contributed by atoms with Gasteiger partial charge in [-0.1, -0.05) is 6.07 Å². The molecule has 0 radical (unpaired) electrons. The predicted molar refractivity (Wildman–Crippen MR) is 76.0 cm³/mol. The first-order valence-corrected chi connectivity index (χ1v) is 6.87. The first-order valence-electron chi connectivity index (χ1n) is 6.87. The second-order valence-electron chi connectivity index (χ2n) is 4.86. The highest BCUT2D eigenvalue weighted by Crippen LogP contribution is 2.26. The van der Waals surface area contributed by atoms with E-state index in [-0.39, 0.29) is 0 Å². The average molecular weight is 265 g/mol. The molecule has 1 fully saturated rings. The molecule has 1 saturated heterocycles. The van der Waals surface area contributed by atoms with E-state index in [2.05, 4.69) is 24.4 Å². The monoisotopic (exact) mass is 265 g/mol. The number of aryl methyl sites for hydroxylation is 1. The number of rotatable bonds is 7. The molecule has 4 nitrogen and oxygen atoms in total. The summed E-state index contributed by atoms with van der Waals surface area (Å²) < 4.78 is 16.4. The molecule has 1 N–H and O–H groups in total. The maximum Gasteiger partial charge on any atom is 0.142 e. The van der Waals surface area contributed by atoms with Crippen molar-refractivity contribution in [3.63, 3.8) is 0 Å². The van der Waals surface area contributed by atoms with Gasteiger partial charge in [-0.3, -0.25) is 0 Å². The molecule has 1 heterocycles. The zero-order valence-electron chi connectivity index (χ0n) is 11.8. The van der Waals surface area contributed by atoms with Crippen molar-refractivity contribution in [1.82, 2.24) is 0 Å². The smallest absolute Gasteiger partial charge is 0.142 e. The van der Waals surface area contributed by atoms with Gasteiger partial charge in [0.15, 0.2) is 0 Å². The summed E-state index contributed by atoms with van der Waals surface area (Å²) in [4.78, 5) is 0. The minimum absolute atomic E-state index is 0.327. The topological polar surface area (TPSA) is 39.7 Å². The summed E-state index contributed by atoms with van der Waals surface area (Å²) in [5.74, 6) is 0.884. The third-order valence-electron chi connectivity index (χ3n) is 3.23. The lowest BCUT2D eigenvalue weighted by Crippen LogP contribution is -2.19. The van der Waals surface area contributed by atoms with Gasteiger partial charge in [0, 0.05) is 20.3 Å². The largest absolute Gasteiger partial charge is 0.489 e. The van der Waals surface area contributed by atoms with Gasteiger partial charge in [0.1, 0.15) is 12.4 Å². The Bertz CT molecular complexity index is 389. The van der Waals surface area contributed by atoms with E-state index in [9.17, 15) is 0 Å². The summed E-state index contributed by atoms with van der Waals surface area (Å²) in [7, 11) is 1.68. The van der Waals surface area contributed by atoms with E-state index in [0.29, 0.717) is 19.3 Å². The van der Waals surface area contributed by atoms with Crippen molar-refractivity contribution in [1.29, 1.82) is 0 Å². The van der Waals surface area contributed by atoms with Crippen molar-refractivity contribution in [3.05, 3.63) is 23.8 Å². The maximum absolute atomic E-state index is 5.75. The minimum Gasteiger partial charge on any atom is -0.489 e. The van der Waals surface area contributed by atoms with Crippen molar-refractivity contribution < 1.29 is 14.2 Å². The highest BCUT2D eigenvalue weighted by molar-refractivity contribution is 5.57. The fourth-order valence-electron chi connectivity index (χ4n) is 2.16. The van der Waals surface area contributed by atoms with Crippen LogP contribution in [0.15, 0.2) is 18.2 Å². The number of ether oxygens (including phenoxy) is 3. The number of methoxy groups -OCH3 is 1. The fourth-order valence-corrected chi connectivity index (χ4v) is 2.16. The van der Waals surface area contributed by atoms with Gasteiger partial charge in [-0.2, -0.15) is 0 Å². The molecular formula is C15H23NO3. The number of hydrogen-bond acceptors (Lipinski definition) is 4. The average Bonchev–Trinajstić information content (AvgIpc) is 2.91. The van der Waals surface area contributed by atoms with Crippen LogP contribution in [0.1, 0.15) is 18.4 Å². The van der Waals surface area contributed by atoms with E-state index in [1.165, 1.54) is 5.56 Å². The molecule has 106 valence electrons. The Balaban J connectivity index is 1.92. The summed E-state index contributed by atoms with van der Waals surface area (Å²) in [6.45, 7) is 4.95. The maximum atomic E-state index is 5.75. The van der Waals surface area contributed by atoms with Crippen LogP contribution in [0.4, 0.5) is 5.69 Å². The Morgan fingerprint density at radius 2 is 2.26 bits per heavy atom. The molecule has 0 amide bonds. The second-order valence-corrected chi connectivity index (χ2v) is 4.86.